The number of rotatable bonds is 9. The number of nitrogens with zero attached hydrogens (tertiary/aromatic N) is 4. The number of sulfone groups is 1. The number of hydrogen-bond donors (Lipinski definition) is 0. The molecular formula is C15H16Br2N4O2S4. The van der Waals surface area contributed by atoms with Crippen LogP contribution in [0.1, 0.15) is 19.3 Å². The molecule has 0 N–H and O–H groups in total. The van der Waals surface area contributed by atoms with E-state index in [4.69, 9.17) is 0 Å². The molecule has 3 aromatic heterocycles. The van der Waals surface area contributed by atoms with Gasteiger partial charge in [0.15, 0.2) is 15.3 Å². The first-order chi connectivity index (χ1) is 12.8. The Bertz CT molecular complexity index is 980. The van der Waals surface area contributed by atoms with Crippen LogP contribution in [0.25, 0.3) is 10.7 Å². The van der Waals surface area contributed by atoms with Gasteiger partial charge in [-0.15, -0.1) is 21.5 Å². The fourth-order valence-corrected chi connectivity index (χ4v) is 7.05. The Labute approximate surface area is 187 Å². The van der Waals surface area contributed by atoms with E-state index in [0.717, 1.165) is 48.0 Å². The highest BCUT2D eigenvalue weighted by Crippen LogP contribution is 2.38. The zero-order valence-corrected chi connectivity index (χ0v) is 20.7. The van der Waals surface area contributed by atoms with Crippen molar-refractivity contribution in [3.8, 4) is 10.7 Å². The van der Waals surface area contributed by atoms with Crippen LogP contribution in [0.5, 0.6) is 0 Å². The molecule has 3 heterocycles. The second-order valence-electron chi connectivity index (χ2n) is 5.77. The summed E-state index contributed by atoms with van der Waals surface area (Å²) in [5.74, 6) is 1.07. The first kappa shape index (κ1) is 21.4. The molecule has 0 spiro atoms. The summed E-state index contributed by atoms with van der Waals surface area (Å²) < 4.78 is 27.2. The van der Waals surface area contributed by atoms with Gasteiger partial charge in [-0.25, -0.2) is 13.4 Å². The third kappa shape index (κ3) is 6.10. The van der Waals surface area contributed by atoms with Crippen LogP contribution in [0.15, 0.2) is 35.4 Å². The van der Waals surface area contributed by atoms with Crippen molar-refractivity contribution in [2.45, 2.75) is 35.3 Å². The summed E-state index contributed by atoms with van der Waals surface area (Å²) >= 11 is 11.5. The number of thiophene rings is 1. The van der Waals surface area contributed by atoms with Gasteiger partial charge in [-0.1, -0.05) is 23.8 Å². The average molecular weight is 572 g/mol. The average Bonchev–Trinajstić information content (AvgIpc) is 3.29. The highest BCUT2D eigenvalue weighted by Gasteiger charge is 2.18. The number of aromatic nitrogens is 4. The molecule has 0 saturated heterocycles. The van der Waals surface area contributed by atoms with Gasteiger partial charge in [0, 0.05) is 18.6 Å². The van der Waals surface area contributed by atoms with Gasteiger partial charge in [0.25, 0.3) is 0 Å². The van der Waals surface area contributed by atoms with Gasteiger partial charge < -0.3 is 4.57 Å². The minimum atomic E-state index is -2.90. The minimum absolute atomic E-state index is 0.232. The van der Waals surface area contributed by atoms with Gasteiger partial charge >= 0.3 is 0 Å². The zero-order valence-electron chi connectivity index (χ0n) is 14.3. The highest BCUT2D eigenvalue weighted by atomic mass is 79.9. The first-order valence-corrected chi connectivity index (χ1v) is 14.1. The Morgan fingerprint density at radius 3 is 2.67 bits per heavy atom. The van der Waals surface area contributed by atoms with Crippen LogP contribution in [0.2, 0.25) is 0 Å². The standard InChI is InChI=1S/C15H16Br2N4O2S4/c1-27(22,23)9-4-2-3-7-21-13(10-6-5-8-24-10)19-20-14(21)26-15-18-11(16)12(17)25-15/h5-6,8H,2-4,7,9H2,1H3. The van der Waals surface area contributed by atoms with Crippen molar-refractivity contribution in [2.75, 3.05) is 12.0 Å². The maximum Gasteiger partial charge on any atom is 0.198 e. The number of thiazole rings is 1. The topological polar surface area (TPSA) is 77.7 Å². The lowest BCUT2D eigenvalue weighted by molar-refractivity contribution is 0.563. The fraction of sp³-hybridized carbons (Fsp3) is 0.400. The van der Waals surface area contributed by atoms with E-state index in [1.165, 1.54) is 29.4 Å². The fourth-order valence-electron chi connectivity index (χ4n) is 2.35. The lowest BCUT2D eigenvalue weighted by atomic mass is 10.2. The van der Waals surface area contributed by atoms with Crippen molar-refractivity contribution in [1.82, 2.24) is 19.7 Å². The predicted molar refractivity (Wildman–Crippen MR) is 119 cm³/mol. The van der Waals surface area contributed by atoms with Crippen LogP contribution in [0.4, 0.5) is 0 Å². The van der Waals surface area contributed by atoms with Gasteiger partial charge in [0.2, 0.25) is 0 Å². The van der Waals surface area contributed by atoms with Gasteiger partial charge in [-0.05, 0) is 67.9 Å². The lowest BCUT2D eigenvalue weighted by Crippen LogP contribution is -2.05. The second kappa shape index (κ2) is 9.49. The molecule has 27 heavy (non-hydrogen) atoms. The molecule has 0 radical (unpaired) electrons. The molecular weight excluding hydrogens is 556 g/mol. The highest BCUT2D eigenvalue weighted by molar-refractivity contribution is 9.13. The van der Waals surface area contributed by atoms with Crippen molar-refractivity contribution in [3.63, 3.8) is 0 Å². The Kier molecular flexibility index (Phi) is 7.53. The van der Waals surface area contributed by atoms with E-state index in [0.29, 0.717) is 6.42 Å². The summed E-state index contributed by atoms with van der Waals surface area (Å²) in [6.45, 7) is 0.736. The monoisotopic (exact) mass is 570 g/mol. The molecule has 0 aliphatic rings. The quantitative estimate of drug-likeness (QED) is 0.322. The van der Waals surface area contributed by atoms with Crippen LogP contribution in [0, 0.1) is 0 Å². The van der Waals surface area contributed by atoms with E-state index in [9.17, 15) is 8.42 Å². The van der Waals surface area contributed by atoms with E-state index >= 15 is 0 Å². The summed E-state index contributed by atoms with van der Waals surface area (Å²) in [5, 5.41) is 11.6. The molecule has 0 unspecified atom stereocenters. The summed E-state index contributed by atoms with van der Waals surface area (Å²) in [5.41, 5.74) is 0. The van der Waals surface area contributed by atoms with Gasteiger partial charge in [-0.2, -0.15) is 0 Å². The molecule has 6 nitrogen and oxygen atoms in total. The van der Waals surface area contributed by atoms with Crippen molar-refractivity contribution >= 4 is 76.1 Å². The Balaban J connectivity index is 1.75. The van der Waals surface area contributed by atoms with E-state index in [1.54, 1.807) is 11.3 Å². The van der Waals surface area contributed by atoms with Gasteiger partial charge in [0.05, 0.1) is 4.88 Å². The molecule has 146 valence electrons. The van der Waals surface area contributed by atoms with Crippen molar-refractivity contribution in [1.29, 1.82) is 0 Å². The molecule has 0 aromatic carbocycles. The zero-order chi connectivity index (χ0) is 19.4. The Hall–Kier alpha value is -0.270. The molecule has 0 saturated carbocycles. The van der Waals surface area contributed by atoms with Crippen LogP contribution in [-0.2, 0) is 16.4 Å². The number of halogens is 2. The van der Waals surface area contributed by atoms with E-state index < -0.39 is 9.84 Å². The molecule has 3 aromatic rings. The maximum atomic E-state index is 11.3. The van der Waals surface area contributed by atoms with E-state index in [1.807, 2.05) is 17.5 Å². The largest absolute Gasteiger partial charge is 0.301 e. The summed E-state index contributed by atoms with van der Waals surface area (Å²) in [6.07, 6.45) is 3.66. The smallest absolute Gasteiger partial charge is 0.198 e. The van der Waals surface area contributed by atoms with Crippen molar-refractivity contribution in [3.05, 3.63) is 25.9 Å². The first-order valence-electron chi connectivity index (χ1n) is 7.98. The minimum Gasteiger partial charge on any atom is -0.301 e. The van der Waals surface area contributed by atoms with E-state index in [-0.39, 0.29) is 5.75 Å². The summed E-state index contributed by atoms with van der Waals surface area (Å²) in [4.78, 5) is 5.52. The molecule has 0 atom stereocenters. The molecule has 3 rings (SSSR count). The molecule has 0 bridgehead atoms. The maximum absolute atomic E-state index is 11.3. The molecule has 0 aliphatic heterocycles. The Morgan fingerprint density at radius 1 is 1.22 bits per heavy atom. The lowest BCUT2D eigenvalue weighted by Gasteiger charge is -2.08. The normalized spacial score (nSPS) is 12.0. The number of hydrogen-bond acceptors (Lipinski definition) is 8. The predicted octanol–water partition coefficient (Wildman–Crippen LogP) is 5.35. The van der Waals surface area contributed by atoms with Crippen LogP contribution < -0.4 is 0 Å². The van der Waals surface area contributed by atoms with Crippen LogP contribution in [0.3, 0.4) is 0 Å². The van der Waals surface area contributed by atoms with E-state index in [2.05, 4.69) is 51.6 Å². The summed E-state index contributed by atoms with van der Waals surface area (Å²) in [7, 11) is -2.90. The second-order valence-corrected chi connectivity index (χ2v) is 13.3. The van der Waals surface area contributed by atoms with Crippen molar-refractivity contribution < 1.29 is 8.42 Å². The summed E-state index contributed by atoms with van der Waals surface area (Å²) in [6, 6.07) is 4.02. The Morgan fingerprint density at radius 2 is 2.04 bits per heavy atom. The van der Waals surface area contributed by atoms with Gasteiger partial charge in [-0.3, -0.25) is 0 Å². The van der Waals surface area contributed by atoms with Crippen LogP contribution in [-0.4, -0.2) is 40.2 Å². The number of unbranched alkanes of at least 4 members (excludes halogenated alkanes) is 2. The molecule has 0 amide bonds. The third-order valence-electron chi connectivity index (χ3n) is 3.56. The van der Waals surface area contributed by atoms with Gasteiger partial charge in [0.1, 0.15) is 18.2 Å². The van der Waals surface area contributed by atoms with Crippen molar-refractivity contribution in [2.24, 2.45) is 0 Å². The third-order valence-corrected chi connectivity index (χ3v) is 9.58. The molecule has 0 aliphatic carbocycles. The SMILES string of the molecule is CS(=O)(=O)CCCCCn1c(Sc2nc(Br)c(Br)s2)nnc1-c1cccs1. The molecule has 0 fully saturated rings. The molecule has 12 heteroatoms. The van der Waals surface area contributed by atoms with Crippen LogP contribution >= 0.6 is 66.3 Å².